The molecule has 1 heterocycles. The van der Waals surface area contributed by atoms with Crippen LogP contribution in [0.25, 0.3) is 0 Å². The van der Waals surface area contributed by atoms with Crippen molar-refractivity contribution in [2.45, 2.75) is 13.8 Å². The minimum absolute atomic E-state index is 0.140. The number of nitrogens with one attached hydrogen (secondary N) is 1. The number of halogens is 1. The second kappa shape index (κ2) is 5.24. The molecule has 98 valence electrons. The highest BCUT2D eigenvalue weighted by Crippen LogP contribution is 2.25. The van der Waals surface area contributed by atoms with Crippen LogP contribution in [0.5, 0.6) is 0 Å². The molecular weight excluding hydrogens is 266 g/mol. The largest absolute Gasteiger partial charge is 0.478 e. The van der Waals surface area contributed by atoms with Crippen molar-refractivity contribution < 1.29 is 9.90 Å². The summed E-state index contributed by atoms with van der Waals surface area (Å²) in [7, 11) is 0. The van der Waals surface area contributed by atoms with Crippen LogP contribution in [0.15, 0.2) is 24.4 Å². The molecule has 1 aromatic heterocycles. The molecule has 0 saturated carbocycles. The molecule has 6 heteroatoms. The maximum atomic E-state index is 10.8. The van der Waals surface area contributed by atoms with Crippen LogP contribution in [0.2, 0.25) is 5.02 Å². The van der Waals surface area contributed by atoms with Crippen LogP contribution in [0.1, 0.15) is 21.7 Å². The molecular formula is C13H12ClN3O2. The Kier molecular flexibility index (Phi) is 3.66. The Morgan fingerprint density at radius 1 is 1.32 bits per heavy atom. The summed E-state index contributed by atoms with van der Waals surface area (Å²) in [4.78, 5) is 19.3. The van der Waals surface area contributed by atoms with Gasteiger partial charge in [0.15, 0.2) is 0 Å². The normalized spacial score (nSPS) is 10.3. The number of hydrogen-bond donors (Lipinski definition) is 2. The zero-order valence-electron chi connectivity index (χ0n) is 10.4. The Labute approximate surface area is 115 Å². The van der Waals surface area contributed by atoms with Crippen molar-refractivity contribution >= 4 is 29.1 Å². The van der Waals surface area contributed by atoms with Gasteiger partial charge in [0.25, 0.3) is 0 Å². The molecule has 2 aromatic rings. The van der Waals surface area contributed by atoms with E-state index in [9.17, 15) is 4.79 Å². The van der Waals surface area contributed by atoms with E-state index >= 15 is 0 Å². The second-order valence-corrected chi connectivity index (χ2v) is 4.46. The summed E-state index contributed by atoms with van der Waals surface area (Å²) in [5.41, 5.74) is 2.41. The lowest BCUT2D eigenvalue weighted by Gasteiger charge is -2.09. The zero-order valence-corrected chi connectivity index (χ0v) is 11.2. The van der Waals surface area contributed by atoms with Gasteiger partial charge in [0.1, 0.15) is 5.82 Å². The Morgan fingerprint density at radius 2 is 2.05 bits per heavy atom. The standard InChI is InChI=1S/C13H12ClN3O2/c1-7-8(2)16-12(6-15-7)17-11-4-3-9(13(18)19)5-10(11)14/h3-6H,1-2H3,(H,16,17)(H,18,19). The van der Waals surface area contributed by atoms with E-state index in [0.29, 0.717) is 16.5 Å². The summed E-state index contributed by atoms with van der Waals surface area (Å²) in [5.74, 6) is -0.451. The number of aromatic nitrogens is 2. The Morgan fingerprint density at radius 3 is 2.63 bits per heavy atom. The molecule has 0 atom stereocenters. The van der Waals surface area contributed by atoms with Gasteiger partial charge in [0.05, 0.1) is 33.9 Å². The molecule has 5 nitrogen and oxygen atoms in total. The quantitative estimate of drug-likeness (QED) is 0.901. The third-order valence-electron chi connectivity index (χ3n) is 2.67. The zero-order chi connectivity index (χ0) is 14.0. The average molecular weight is 278 g/mol. The summed E-state index contributed by atoms with van der Waals surface area (Å²) in [6, 6.07) is 4.47. The van der Waals surface area contributed by atoms with Gasteiger partial charge < -0.3 is 10.4 Å². The summed E-state index contributed by atoms with van der Waals surface area (Å²) in [5, 5.41) is 12.2. The number of anilines is 2. The lowest BCUT2D eigenvalue weighted by atomic mass is 10.2. The topological polar surface area (TPSA) is 75.1 Å². The van der Waals surface area contributed by atoms with Crippen molar-refractivity contribution in [3.05, 3.63) is 46.4 Å². The maximum Gasteiger partial charge on any atom is 0.335 e. The van der Waals surface area contributed by atoms with Gasteiger partial charge in [-0.25, -0.2) is 9.78 Å². The third kappa shape index (κ3) is 3.00. The number of aromatic carboxylic acids is 1. The van der Waals surface area contributed by atoms with Gasteiger partial charge in [-0.15, -0.1) is 0 Å². The van der Waals surface area contributed by atoms with E-state index in [4.69, 9.17) is 16.7 Å². The number of benzene rings is 1. The van der Waals surface area contributed by atoms with Gasteiger partial charge >= 0.3 is 5.97 Å². The van der Waals surface area contributed by atoms with Crippen molar-refractivity contribution in [2.75, 3.05) is 5.32 Å². The fourth-order valence-corrected chi connectivity index (χ4v) is 1.72. The number of rotatable bonds is 3. The molecule has 0 spiro atoms. The SMILES string of the molecule is Cc1ncc(Nc2ccc(C(=O)O)cc2Cl)nc1C. The van der Waals surface area contributed by atoms with Crippen molar-refractivity contribution in [1.29, 1.82) is 0 Å². The molecule has 2 N–H and O–H groups in total. The highest BCUT2D eigenvalue weighted by Gasteiger charge is 2.08. The molecule has 0 bridgehead atoms. The lowest BCUT2D eigenvalue weighted by molar-refractivity contribution is 0.0697. The summed E-state index contributed by atoms with van der Waals surface area (Å²) in [6.07, 6.45) is 1.60. The number of aryl methyl sites for hydroxylation is 2. The van der Waals surface area contributed by atoms with E-state index in [1.165, 1.54) is 12.1 Å². The highest BCUT2D eigenvalue weighted by molar-refractivity contribution is 6.33. The molecule has 0 amide bonds. The van der Waals surface area contributed by atoms with Crippen molar-refractivity contribution in [1.82, 2.24) is 9.97 Å². The molecule has 0 unspecified atom stereocenters. The molecule has 0 aliphatic carbocycles. The molecule has 2 rings (SSSR count). The molecule has 0 aliphatic rings. The van der Waals surface area contributed by atoms with Gasteiger partial charge in [-0.1, -0.05) is 11.6 Å². The molecule has 1 aromatic carbocycles. The van der Waals surface area contributed by atoms with E-state index in [2.05, 4.69) is 15.3 Å². The fourth-order valence-electron chi connectivity index (χ4n) is 1.49. The first-order chi connectivity index (χ1) is 8.97. The van der Waals surface area contributed by atoms with E-state index in [-0.39, 0.29) is 5.56 Å². The third-order valence-corrected chi connectivity index (χ3v) is 2.98. The van der Waals surface area contributed by atoms with Crippen LogP contribution < -0.4 is 5.32 Å². The van der Waals surface area contributed by atoms with Crippen molar-refractivity contribution in [2.24, 2.45) is 0 Å². The van der Waals surface area contributed by atoms with Crippen LogP contribution in [0, 0.1) is 13.8 Å². The van der Waals surface area contributed by atoms with Crippen LogP contribution in [-0.4, -0.2) is 21.0 Å². The second-order valence-electron chi connectivity index (χ2n) is 4.05. The number of carbonyl (C=O) groups is 1. The lowest BCUT2D eigenvalue weighted by Crippen LogP contribution is -2.01. The Balaban J connectivity index is 2.28. The predicted molar refractivity (Wildman–Crippen MR) is 73.2 cm³/mol. The van der Waals surface area contributed by atoms with Crippen LogP contribution >= 0.6 is 11.6 Å². The van der Waals surface area contributed by atoms with Crippen LogP contribution in [0.3, 0.4) is 0 Å². The van der Waals surface area contributed by atoms with E-state index in [0.717, 1.165) is 11.4 Å². The number of hydrogen-bond acceptors (Lipinski definition) is 4. The molecule has 0 aliphatic heterocycles. The van der Waals surface area contributed by atoms with Gasteiger partial charge in [-0.3, -0.25) is 4.98 Å². The number of carboxylic acid groups (broad SMARTS) is 1. The number of carboxylic acids is 1. The number of nitrogens with zero attached hydrogens (tertiary/aromatic N) is 2. The predicted octanol–water partition coefficient (Wildman–Crippen LogP) is 3.19. The fraction of sp³-hybridized carbons (Fsp3) is 0.154. The molecule has 0 fully saturated rings. The first-order valence-corrected chi connectivity index (χ1v) is 5.95. The first kappa shape index (κ1) is 13.3. The van der Waals surface area contributed by atoms with Gasteiger partial charge in [0.2, 0.25) is 0 Å². The first-order valence-electron chi connectivity index (χ1n) is 5.57. The van der Waals surface area contributed by atoms with Crippen molar-refractivity contribution in [3.8, 4) is 0 Å². The van der Waals surface area contributed by atoms with Gasteiger partial charge in [0, 0.05) is 0 Å². The minimum Gasteiger partial charge on any atom is -0.478 e. The van der Waals surface area contributed by atoms with Crippen LogP contribution in [0.4, 0.5) is 11.5 Å². The average Bonchev–Trinajstić information content (AvgIpc) is 2.36. The minimum atomic E-state index is -1.01. The van der Waals surface area contributed by atoms with Gasteiger partial charge in [-0.05, 0) is 32.0 Å². The molecule has 0 radical (unpaired) electrons. The smallest absolute Gasteiger partial charge is 0.335 e. The van der Waals surface area contributed by atoms with E-state index in [1.54, 1.807) is 12.3 Å². The molecule has 0 saturated heterocycles. The summed E-state index contributed by atoms with van der Waals surface area (Å²) in [6.45, 7) is 3.74. The van der Waals surface area contributed by atoms with E-state index in [1.807, 2.05) is 13.8 Å². The Bertz CT molecular complexity index is 644. The monoisotopic (exact) mass is 277 g/mol. The van der Waals surface area contributed by atoms with E-state index < -0.39 is 5.97 Å². The van der Waals surface area contributed by atoms with Gasteiger partial charge in [-0.2, -0.15) is 0 Å². The van der Waals surface area contributed by atoms with Crippen LogP contribution in [-0.2, 0) is 0 Å². The highest BCUT2D eigenvalue weighted by atomic mass is 35.5. The summed E-state index contributed by atoms with van der Waals surface area (Å²) < 4.78 is 0. The maximum absolute atomic E-state index is 10.8. The van der Waals surface area contributed by atoms with Crippen molar-refractivity contribution in [3.63, 3.8) is 0 Å². The molecule has 19 heavy (non-hydrogen) atoms. The Hall–Kier alpha value is -2.14. The summed E-state index contributed by atoms with van der Waals surface area (Å²) >= 11 is 6.02.